The second-order valence-corrected chi connectivity index (χ2v) is 6.23. The summed E-state index contributed by atoms with van der Waals surface area (Å²) in [7, 11) is 1.76. The van der Waals surface area contributed by atoms with Crippen molar-refractivity contribution in [1.82, 2.24) is 20.2 Å². The second-order valence-electron chi connectivity index (χ2n) is 6.23. The number of benzene rings is 1. The van der Waals surface area contributed by atoms with Crippen molar-refractivity contribution < 1.29 is 14.5 Å². The summed E-state index contributed by atoms with van der Waals surface area (Å²) in [5.74, 6) is 1.52. The zero-order valence-electron chi connectivity index (χ0n) is 14.7. The highest BCUT2D eigenvalue weighted by Gasteiger charge is 2.29. The van der Waals surface area contributed by atoms with Crippen LogP contribution in [0, 0.1) is 13.8 Å². The Hall–Kier alpha value is -1.99. The molecule has 3 rings (SSSR count). The Morgan fingerprint density at radius 3 is 2.62 bits per heavy atom. The summed E-state index contributed by atoms with van der Waals surface area (Å²) in [6, 6.07) is 4.07. The first-order valence-corrected chi connectivity index (χ1v) is 8.39. The van der Waals surface area contributed by atoms with Gasteiger partial charge in [0, 0.05) is 12.0 Å². The van der Waals surface area contributed by atoms with Gasteiger partial charge in [-0.2, -0.15) is 4.80 Å². The van der Waals surface area contributed by atoms with E-state index in [9.17, 15) is 0 Å². The van der Waals surface area contributed by atoms with Crippen LogP contribution < -0.4 is 4.74 Å². The molecule has 24 heavy (non-hydrogen) atoms. The number of aromatic nitrogens is 4. The first kappa shape index (κ1) is 16.9. The van der Waals surface area contributed by atoms with E-state index in [0.717, 1.165) is 41.7 Å². The summed E-state index contributed by atoms with van der Waals surface area (Å²) in [4.78, 5) is 11.9. The van der Waals surface area contributed by atoms with Gasteiger partial charge in [0.15, 0.2) is 0 Å². The number of hydrogen-bond acceptors (Lipinski definition) is 6. The van der Waals surface area contributed by atoms with Gasteiger partial charge in [0.1, 0.15) is 18.0 Å². The predicted octanol–water partition coefficient (Wildman–Crippen LogP) is 2.76. The fourth-order valence-corrected chi connectivity index (χ4v) is 3.02. The molecule has 130 valence electrons. The minimum Gasteiger partial charge on any atom is -0.487 e. The molecule has 2 aromatic rings. The van der Waals surface area contributed by atoms with Crippen LogP contribution in [-0.2, 0) is 16.8 Å². The first-order chi connectivity index (χ1) is 11.6. The van der Waals surface area contributed by atoms with Gasteiger partial charge in [0.2, 0.25) is 5.82 Å². The highest BCUT2D eigenvalue weighted by Crippen LogP contribution is 2.31. The number of nitrogens with zero attached hydrogens (tertiary/aromatic N) is 4. The number of tetrazole rings is 1. The average molecular weight is 332 g/mol. The molecule has 1 aromatic carbocycles. The lowest BCUT2D eigenvalue weighted by molar-refractivity contribution is -0.286. The van der Waals surface area contributed by atoms with Gasteiger partial charge in [-0.15, -0.1) is 10.2 Å². The van der Waals surface area contributed by atoms with Crippen LogP contribution in [0.3, 0.4) is 0 Å². The Morgan fingerprint density at radius 1 is 1.33 bits per heavy atom. The molecular formula is C17H24N4O3. The van der Waals surface area contributed by atoms with E-state index < -0.39 is 0 Å². The van der Waals surface area contributed by atoms with Crippen LogP contribution in [0.25, 0.3) is 11.4 Å². The topological polar surface area (TPSA) is 71.3 Å². The zero-order chi connectivity index (χ0) is 17.1. The van der Waals surface area contributed by atoms with E-state index in [1.165, 1.54) is 4.80 Å². The molecule has 7 heteroatoms. The normalized spacial score (nSPS) is 18.8. The van der Waals surface area contributed by atoms with Gasteiger partial charge < -0.3 is 4.74 Å². The summed E-state index contributed by atoms with van der Waals surface area (Å²) in [5, 5.41) is 12.2. The summed E-state index contributed by atoms with van der Waals surface area (Å²) < 4.78 is 6.33. The van der Waals surface area contributed by atoms with E-state index in [4.69, 9.17) is 14.5 Å². The molecule has 0 bridgehead atoms. The molecule has 0 aliphatic carbocycles. The van der Waals surface area contributed by atoms with Crippen LogP contribution in [0.5, 0.6) is 5.75 Å². The first-order valence-electron chi connectivity index (χ1n) is 8.39. The van der Waals surface area contributed by atoms with Crippen molar-refractivity contribution in [2.24, 2.45) is 7.05 Å². The molecule has 2 atom stereocenters. The van der Waals surface area contributed by atoms with Crippen molar-refractivity contribution >= 4 is 0 Å². The number of aryl methyl sites for hydroxylation is 3. The third kappa shape index (κ3) is 3.57. The number of rotatable bonds is 6. The third-order valence-electron chi connectivity index (χ3n) is 4.16. The molecule has 0 spiro atoms. The van der Waals surface area contributed by atoms with Gasteiger partial charge in [-0.05, 0) is 48.7 Å². The van der Waals surface area contributed by atoms with Crippen LogP contribution >= 0.6 is 0 Å². The van der Waals surface area contributed by atoms with E-state index in [1.54, 1.807) is 7.05 Å². The summed E-state index contributed by atoms with van der Waals surface area (Å²) >= 11 is 0. The van der Waals surface area contributed by atoms with Gasteiger partial charge in [-0.25, -0.2) is 9.78 Å². The molecule has 0 radical (unpaired) electrons. The maximum Gasteiger partial charge on any atom is 0.204 e. The van der Waals surface area contributed by atoms with Gasteiger partial charge >= 0.3 is 0 Å². The summed E-state index contributed by atoms with van der Waals surface area (Å²) in [6.45, 7) is 6.85. The fraction of sp³-hybridized carbons (Fsp3) is 0.588. The molecule has 1 aliphatic heterocycles. The largest absolute Gasteiger partial charge is 0.487 e. The Labute approximate surface area is 141 Å². The lowest BCUT2D eigenvalue weighted by Gasteiger charge is -2.24. The lowest BCUT2D eigenvalue weighted by atomic mass is 10.0. The van der Waals surface area contributed by atoms with Crippen molar-refractivity contribution in [3.05, 3.63) is 23.3 Å². The molecule has 2 heterocycles. The molecule has 7 nitrogen and oxygen atoms in total. The Bertz CT molecular complexity index is 672. The van der Waals surface area contributed by atoms with Crippen LogP contribution in [0.15, 0.2) is 12.1 Å². The highest BCUT2D eigenvalue weighted by atomic mass is 17.2. The van der Waals surface area contributed by atoms with Crippen LogP contribution in [0.4, 0.5) is 0 Å². The molecule has 0 amide bonds. The molecule has 1 saturated heterocycles. The fourth-order valence-electron chi connectivity index (χ4n) is 3.02. The second kappa shape index (κ2) is 7.27. The van der Waals surface area contributed by atoms with Crippen molar-refractivity contribution in [3.63, 3.8) is 0 Å². The molecule has 0 N–H and O–H groups in total. The van der Waals surface area contributed by atoms with E-state index in [0.29, 0.717) is 12.4 Å². The SMILES string of the molecule is CCCC(Oc1c(C)cc(-c2nnn(C)n2)cc1C)C1CCOO1. The molecular weight excluding hydrogens is 308 g/mol. The van der Waals surface area contributed by atoms with E-state index >= 15 is 0 Å². The Morgan fingerprint density at radius 2 is 2.08 bits per heavy atom. The van der Waals surface area contributed by atoms with Gasteiger partial charge in [0.25, 0.3) is 0 Å². The standard InChI is InChI=1S/C17H24N4O3/c1-5-6-14(15-7-8-22-24-15)23-16-11(2)9-13(10-12(16)3)17-18-20-21(4)19-17/h9-10,14-15H,5-8H2,1-4H3. The molecule has 1 aromatic heterocycles. The minimum absolute atomic E-state index is 0.00427. The molecule has 2 unspecified atom stereocenters. The van der Waals surface area contributed by atoms with E-state index in [1.807, 2.05) is 26.0 Å². The van der Waals surface area contributed by atoms with Crippen LogP contribution in [-0.4, -0.2) is 39.0 Å². The Kier molecular flexibility index (Phi) is 5.11. The maximum atomic E-state index is 6.33. The van der Waals surface area contributed by atoms with Crippen LogP contribution in [0.1, 0.15) is 37.3 Å². The van der Waals surface area contributed by atoms with E-state index in [2.05, 4.69) is 22.3 Å². The zero-order valence-corrected chi connectivity index (χ0v) is 14.7. The quantitative estimate of drug-likeness (QED) is 0.758. The highest BCUT2D eigenvalue weighted by molar-refractivity contribution is 5.60. The minimum atomic E-state index is -0.00918. The van der Waals surface area contributed by atoms with E-state index in [-0.39, 0.29) is 12.2 Å². The Balaban J connectivity index is 1.84. The predicted molar refractivity (Wildman–Crippen MR) is 88.5 cm³/mol. The number of ether oxygens (including phenoxy) is 1. The van der Waals surface area contributed by atoms with Crippen LogP contribution in [0.2, 0.25) is 0 Å². The van der Waals surface area contributed by atoms with Gasteiger partial charge in [0.05, 0.1) is 13.7 Å². The average Bonchev–Trinajstić information content (AvgIpc) is 3.21. The summed E-state index contributed by atoms with van der Waals surface area (Å²) in [5.41, 5.74) is 3.05. The molecule has 1 fully saturated rings. The number of hydrogen-bond donors (Lipinski definition) is 0. The summed E-state index contributed by atoms with van der Waals surface area (Å²) in [6.07, 6.45) is 2.81. The van der Waals surface area contributed by atoms with Gasteiger partial charge in [-0.3, -0.25) is 0 Å². The van der Waals surface area contributed by atoms with Gasteiger partial charge in [-0.1, -0.05) is 13.3 Å². The van der Waals surface area contributed by atoms with Crippen molar-refractivity contribution in [1.29, 1.82) is 0 Å². The van der Waals surface area contributed by atoms with Crippen molar-refractivity contribution in [2.45, 2.75) is 52.2 Å². The monoisotopic (exact) mass is 332 g/mol. The maximum absolute atomic E-state index is 6.33. The molecule has 0 saturated carbocycles. The van der Waals surface area contributed by atoms with Crippen molar-refractivity contribution in [2.75, 3.05) is 6.61 Å². The third-order valence-corrected chi connectivity index (χ3v) is 4.16. The lowest BCUT2D eigenvalue weighted by Crippen LogP contribution is -2.31. The van der Waals surface area contributed by atoms with Crippen molar-refractivity contribution in [3.8, 4) is 17.1 Å². The smallest absolute Gasteiger partial charge is 0.204 e. The molecule has 1 aliphatic rings.